The molecule has 5 aliphatic heterocycles. The van der Waals surface area contributed by atoms with Crippen LogP contribution >= 0.6 is 0 Å². The summed E-state index contributed by atoms with van der Waals surface area (Å²) in [7, 11) is 0. The first-order chi connectivity index (χ1) is 42.2. The van der Waals surface area contributed by atoms with Crippen LogP contribution in [-0.4, -0.2) is 367 Å². The number of carboxylic acid groups (broad SMARTS) is 1. The summed E-state index contributed by atoms with van der Waals surface area (Å²) in [5.41, 5.74) is 0. The van der Waals surface area contributed by atoms with Gasteiger partial charge in [-0.1, -0.05) is 6.92 Å². The second-order valence-electron chi connectivity index (χ2n) is 22.9. The molecule has 29 atom stereocenters. The van der Waals surface area contributed by atoms with Gasteiger partial charge in [-0.25, -0.2) is 4.79 Å². The largest absolute Gasteiger partial charge is 0.479 e. The minimum Gasteiger partial charge on any atom is -0.479 e. The number of amides is 4. The second kappa shape index (κ2) is 36.1. The van der Waals surface area contributed by atoms with Crippen molar-refractivity contribution < 1.29 is 159 Å². The van der Waals surface area contributed by atoms with Gasteiger partial charge in [-0.3, -0.25) is 19.2 Å². The number of nitrogens with one attached hydrogen (secondary N) is 4. The molecule has 29 unspecified atom stereocenters. The van der Waals surface area contributed by atoms with Crippen LogP contribution in [0.15, 0.2) is 0 Å². The molecule has 5 rings (SSSR count). The first kappa shape index (κ1) is 76.0. The Balaban J connectivity index is 1.29. The maximum atomic E-state index is 14.2. The van der Waals surface area contributed by atoms with Gasteiger partial charge in [-0.2, -0.15) is 0 Å². The van der Waals surface area contributed by atoms with Gasteiger partial charge < -0.3 is 156 Å². The van der Waals surface area contributed by atoms with Crippen LogP contribution in [0.2, 0.25) is 0 Å². The SMILES string of the molecule is CCC1C(C(=O)O)OC(COCC2C(O)C(CO)OC(COCC3C(C(=O)NCCNC(=O)C(O)C(O)C(COCC4OC(CO)C(O)C(O)C4O)C(O)CO)OC(COCC4C(O)C(CO)OC(CO)C4NC(C)=O)C(O)C3O)C2NC(C)=O)C(O)C1O. The van der Waals surface area contributed by atoms with E-state index < -0.39 is 305 Å². The van der Waals surface area contributed by atoms with Gasteiger partial charge in [0.2, 0.25) is 17.7 Å². The van der Waals surface area contributed by atoms with Gasteiger partial charge >= 0.3 is 5.97 Å². The Morgan fingerprint density at radius 1 is 0.449 bits per heavy atom. The average molecular weight is 1300 g/mol. The van der Waals surface area contributed by atoms with E-state index in [4.69, 9.17) is 42.6 Å². The molecule has 36 nitrogen and oxygen atoms in total. The lowest BCUT2D eigenvalue weighted by Crippen LogP contribution is -2.64. The van der Waals surface area contributed by atoms with Crippen molar-refractivity contribution in [2.24, 2.45) is 29.6 Å². The monoisotopic (exact) mass is 1300 g/mol. The van der Waals surface area contributed by atoms with Crippen molar-refractivity contribution in [1.29, 1.82) is 0 Å². The van der Waals surface area contributed by atoms with Gasteiger partial charge in [0.15, 0.2) is 12.2 Å². The zero-order valence-electron chi connectivity index (χ0n) is 49.3. The van der Waals surface area contributed by atoms with E-state index in [9.17, 15) is 116 Å². The van der Waals surface area contributed by atoms with Crippen molar-refractivity contribution >= 4 is 29.6 Å². The fraction of sp³-hybridized carbons (Fsp3) is 0.906. The zero-order valence-corrected chi connectivity index (χ0v) is 49.3. The molecule has 36 heteroatoms. The molecule has 5 aliphatic rings. The van der Waals surface area contributed by atoms with Crippen molar-refractivity contribution in [1.82, 2.24) is 21.3 Å². The van der Waals surface area contributed by atoms with Crippen LogP contribution in [0.4, 0.5) is 0 Å². The third-order valence-corrected chi connectivity index (χ3v) is 16.9. The Bertz CT molecular complexity index is 2180. The van der Waals surface area contributed by atoms with E-state index in [1.165, 1.54) is 6.92 Å². The Morgan fingerprint density at radius 3 is 1.35 bits per heavy atom. The highest BCUT2D eigenvalue weighted by molar-refractivity contribution is 5.82. The van der Waals surface area contributed by atoms with Gasteiger partial charge in [0.25, 0.3) is 5.91 Å². The first-order valence-corrected chi connectivity index (χ1v) is 29.3. The number of aliphatic hydroxyl groups is 17. The summed E-state index contributed by atoms with van der Waals surface area (Å²) >= 11 is 0. The highest BCUT2D eigenvalue weighted by Crippen LogP contribution is 2.34. The van der Waals surface area contributed by atoms with Crippen LogP contribution in [0.25, 0.3) is 0 Å². The van der Waals surface area contributed by atoms with Crippen LogP contribution in [0.5, 0.6) is 0 Å². The third-order valence-electron chi connectivity index (χ3n) is 16.9. The fourth-order valence-corrected chi connectivity index (χ4v) is 11.8. The Labute approximate surface area is 510 Å². The van der Waals surface area contributed by atoms with Gasteiger partial charge in [-0.05, 0) is 6.42 Å². The highest BCUT2D eigenvalue weighted by Gasteiger charge is 2.52. The number of hydrogen-bond donors (Lipinski definition) is 22. The molecule has 5 saturated heterocycles. The summed E-state index contributed by atoms with van der Waals surface area (Å²) < 4.78 is 51.7. The molecule has 0 aromatic heterocycles. The van der Waals surface area contributed by atoms with Crippen LogP contribution in [-0.2, 0) is 66.6 Å². The van der Waals surface area contributed by atoms with Crippen molar-refractivity contribution in [3.05, 3.63) is 0 Å². The van der Waals surface area contributed by atoms with Crippen molar-refractivity contribution in [3.63, 3.8) is 0 Å². The van der Waals surface area contributed by atoms with Crippen LogP contribution in [0.3, 0.4) is 0 Å². The number of hydrogen-bond acceptors (Lipinski definition) is 31. The standard InChI is InChI=1S/C53H92N4O32/c1-4-22-40(68)44(72)35(89-50(22)53(79)80)19-83-14-25-37(57-21(3)64)32(86-30(10-61)39(25)67)16-84-15-26-42(70)45(73)34(18-82-13-24-36(56-20(2)63)28(8-59)85-29(9-60)38(24)66)88-49(26)52(78)55-6-5-54-51(77)48(76)41(69)23(27(65)7-58)12-81-17-33-46(74)47(75)43(71)31(11-62)87-33/h22-50,58-62,65-76H,4-19H2,1-3H3,(H,54,77)(H,55,78)(H,56,63)(H,57,64)(H,79,80). The number of ether oxygens (including phenoxy) is 9. The quantitative estimate of drug-likeness (QED) is 0.0271. The highest BCUT2D eigenvalue weighted by atomic mass is 16.6. The molecule has 0 aromatic carbocycles. The minimum atomic E-state index is -2.33. The number of carbonyl (C=O) groups is 5. The molecular formula is C53H92N4O32. The molecule has 0 bridgehead atoms. The fourth-order valence-electron chi connectivity index (χ4n) is 11.8. The lowest BCUT2D eigenvalue weighted by molar-refractivity contribution is -0.240. The molecule has 0 aromatic rings. The Morgan fingerprint density at radius 2 is 0.854 bits per heavy atom. The molecular weight excluding hydrogens is 1200 g/mol. The Hall–Kier alpha value is -3.69. The van der Waals surface area contributed by atoms with Crippen molar-refractivity contribution in [3.8, 4) is 0 Å². The van der Waals surface area contributed by atoms with Gasteiger partial charge in [0, 0.05) is 56.5 Å². The number of carboxylic acids is 1. The maximum absolute atomic E-state index is 14.2. The van der Waals surface area contributed by atoms with E-state index in [1.54, 1.807) is 6.92 Å². The molecule has 22 N–H and O–H groups in total. The smallest absolute Gasteiger partial charge is 0.333 e. The summed E-state index contributed by atoms with van der Waals surface area (Å²) in [6.07, 6.45) is -34.9. The molecule has 0 saturated carbocycles. The molecule has 0 aliphatic carbocycles. The Kier molecular flexibility index (Phi) is 30.8. The van der Waals surface area contributed by atoms with Crippen molar-refractivity contribution in [2.45, 2.75) is 174 Å². The molecule has 4 amide bonds. The molecule has 5 fully saturated rings. The minimum absolute atomic E-state index is 0.154. The summed E-state index contributed by atoms with van der Waals surface area (Å²) in [5, 5.41) is 199. The van der Waals surface area contributed by atoms with Crippen molar-refractivity contribution in [2.75, 3.05) is 99.0 Å². The lowest BCUT2D eigenvalue weighted by atomic mass is 9.84. The predicted molar refractivity (Wildman–Crippen MR) is 291 cm³/mol. The number of aliphatic carboxylic acids is 1. The van der Waals surface area contributed by atoms with E-state index in [0.717, 1.165) is 6.92 Å². The van der Waals surface area contributed by atoms with Crippen LogP contribution in [0, 0.1) is 29.6 Å². The third kappa shape index (κ3) is 19.5. The summed E-state index contributed by atoms with van der Waals surface area (Å²) in [6, 6.07) is -2.26. The molecule has 5 heterocycles. The maximum Gasteiger partial charge on any atom is 0.333 e. The molecule has 516 valence electrons. The summed E-state index contributed by atoms with van der Waals surface area (Å²) in [4.78, 5) is 64.1. The molecule has 0 radical (unpaired) electrons. The van der Waals surface area contributed by atoms with E-state index in [-0.39, 0.29) is 6.42 Å². The first-order valence-electron chi connectivity index (χ1n) is 29.3. The van der Waals surface area contributed by atoms with Crippen LogP contribution < -0.4 is 21.3 Å². The number of aliphatic hydroxyl groups excluding tert-OH is 17. The molecule has 89 heavy (non-hydrogen) atoms. The van der Waals surface area contributed by atoms with E-state index in [1.807, 2.05) is 0 Å². The zero-order chi connectivity index (χ0) is 66.1. The summed E-state index contributed by atoms with van der Waals surface area (Å²) in [5.74, 6) is -11.1. The number of carbonyl (C=O) groups excluding carboxylic acids is 4. The van der Waals surface area contributed by atoms with Crippen LogP contribution in [0.1, 0.15) is 27.2 Å². The van der Waals surface area contributed by atoms with Gasteiger partial charge in [0.05, 0.1) is 135 Å². The second-order valence-corrected chi connectivity index (χ2v) is 22.9. The van der Waals surface area contributed by atoms with E-state index in [0.29, 0.717) is 0 Å². The van der Waals surface area contributed by atoms with E-state index in [2.05, 4.69) is 21.3 Å². The van der Waals surface area contributed by atoms with Gasteiger partial charge in [0.1, 0.15) is 85.5 Å². The van der Waals surface area contributed by atoms with E-state index >= 15 is 0 Å². The average Bonchev–Trinajstić information content (AvgIpc) is 1.20. The predicted octanol–water partition coefficient (Wildman–Crippen LogP) is -13.0. The summed E-state index contributed by atoms with van der Waals surface area (Å²) in [6.45, 7) is -5.37. The lowest BCUT2D eigenvalue weighted by Gasteiger charge is -2.46. The molecule has 0 spiro atoms. The normalized spacial score (nSPS) is 39.0. The van der Waals surface area contributed by atoms with Gasteiger partial charge in [-0.15, -0.1) is 0 Å². The topological polar surface area (TPSA) is 581 Å². The number of rotatable bonds is 33.